The first-order valence-electron chi connectivity index (χ1n) is 5.98. The summed E-state index contributed by atoms with van der Waals surface area (Å²) in [5.41, 5.74) is 0. The first kappa shape index (κ1) is 11.8. The van der Waals surface area contributed by atoms with Crippen molar-refractivity contribution in [2.75, 3.05) is 30.4 Å². The van der Waals surface area contributed by atoms with Crippen LogP contribution < -0.4 is 10.2 Å². The number of nitrogens with zero attached hydrogens (tertiary/aromatic N) is 7. The maximum atomic E-state index is 9.58. The Hall–Kier alpha value is -2.29. The van der Waals surface area contributed by atoms with Gasteiger partial charge in [0, 0.05) is 20.1 Å². The van der Waals surface area contributed by atoms with Gasteiger partial charge in [-0.2, -0.15) is 24.7 Å². The minimum Gasteiger partial charge on any atom is -0.391 e. The largest absolute Gasteiger partial charge is 0.391 e. The van der Waals surface area contributed by atoms with Crippen molar-refractivity contribution in [1.29, 1.82) is 0 Å². The van der Waals surface area contributed by atoms with Crippen LogP contribution in [0.1, 0.15) is 6.42 Å². The third-order valence-corrected chi connectivity index (χ3v) is 2.91. The van der Waals surface area contributed by atoms with Gasteiger partial charge in [-0.25, -0.2) is 4.98 Å². The Morgan fingerprint density at radius 2 is 2.16 bits per heavy atom. The number of hydrogen-bond donors (Lipinski definition) is 2. The van der Waals surface area contributed by atoms with E-state index in [4.69, 9.17) is 0 Å². The number of β-amino-alcohol motifs (C(OH)–C–C–N with tert-alkyl or cyclic N) is 1. The monoisotopic (exact) mass is 262 g/mol. The van der Waals surface area contributed by atoms with E-state index in [1.165, 1.54) is 17.3 Å². The summed E-state index contributed by atoms with van der Waals surface area (Å²) in [5, 5.41) is 16.5. The normalized spacial score (nSPS) is 18.8. The Kier molecular flexibility index (Phi) is 2.95. The second kappa shape index (κ2) is 4.76. The lowest BCUT2D eigenvalue weighted by atomic mass is 10.3. The van der Waals surface area contributed by atoms with Gasteiger partial charge in [0.25, 0.3) is 5.95 Å². The van der Waals surface area contributed by atoms with E-state index in [9.17, 15) is 5.11 Å². The van der Waals surface area contributed by atoms with Crippen LogP contribution in [0.2, 0.25) is 0 Å². The maximum absolute atomic E-state index is 9.58. The van der Waals surface area contributed by atoms with Gasteiger partial charge in [0.1, 0.15) is 12.7 Å². The molecule has 0 radical (unpaired) electrons. The molecule has 1 saturated heterocycles. The summed E-state index contributed by atoms with van der Waals surface area (Å²) < 4.78 is 1.47. The van der Waals surface area contributed by atoms with Crippen LogP contribution in [-0.2, 0) is 0 Å². The topological polar surface area (TPSA) is 105 Å². The SMILES string of the molecule is CNc1nc(N2CCC(O)C2)nc(-n2cncn2)n1. The fourth-order valence-corrected chi connectivity index (χ4v) is 1.94. The minimum absolute atomic E-state index is 0.329. The molecule has 1 atom stereocenters. The molecule has 0 aliphatic carbocycles. The minimum atomic E-state index is -0.329. The van der Waals surface area contributed by atoms with Crippen LogP contribution in [0.15, 0.2) is 12.7 Å². The molecule has 2 aromatic rings. The van der Waals surface area contributed by atoms with E-state index >= 15 is 0 Å². The van der Waals surface area contributed by atoms with Gasteiger partial charge in [0.2, 0.25) is 11.9 Å². The van der Waals surface area contributed by atoms with E-state index in [2.05, 4.69) is 30.4 Å². The van der Waals surface area contributed by atoms with Gasteiger partial charge in [0.05, 0.1) is 6.10 Å². The molecule has 0 saturated carbocycles. The molecule has 19 heavy (non-hydrogen) atoms. The third kappa shape index (κ3) is 2.32. The lowest BCUT2D eigenvalue weighted by molar-refractivity contribution is 0.198. The molecule has 1 aliphatic heterocycles. The molecule has 3 rings (SSSR count). The van der Waals surface area contributed by atoms with Crippen molar-refractivity contribution in [2.24, 2.45) is 0 Å². The van der Waals surface area contributed by atoms with Crippen LogP contribution >= 0.6 is 0 Å². The molecular formula is C10H14N8O. The molecule has 0 spiro atoms. The first-order valence-corrected chi connectivity index (χ1v) is 5.98. The fraction of sp³-hybridized carbons (Fsp3) is 0.500. The number of nitrogens with one attached hydrogen (secondary N) is 1. The van der Waals surface area contributed by atoms with E-state index in [1.807, 2.05) is 4.90 Å². The predicted molar refractivity (Wildman–Crippen MR) is 67.1 cm³/mol. The molecule has 0 bridgehead atoms. The molecule has 0 aromatic carbocycles. The molecule has 2 N–H and O–H groups in total. The Morgan fingerprint density at radius 1 is 1.32 bits per heavy atom. The highest BCUT2D eigenvalue weighted by Gasteiger charge is 2.23. The highest BCUT2D eigenvalue weighted by atomic mass is 16.3. The molecule has 3 heterocycles. The van der Waals surface area contributed by atoms with Crippen LogP contribution in [0.3, 0.4) is 0 Å². The summed E-state index contributed by atoms with van der Waals surface area (Å²) in [6, 6.07) is 0. The summed E-state index contributed by atoms with van der Waals surface area (Å²) in [6.07, 6.45) is 3.34. The highest BCUT2D eigenvalue weighted by molar-refractivity contribution is 5.40. The number of anilines is 2. The molecule has 0 amide bonds. The van der Waals surface area contributed by atoms with E-state index in [0.717, 1.165) is 13.0 Å². The summed E-state index contributed by atoms with van der Waals surface area (Å²) in [5.74, 6) is 1.38. The molecule has 1 aliphatic rings. The van der Waals surface area contributed by atoms with Crippen LogP contribution in [0.25, 0.3) is 5.95 Å². The van der Waals surface area contributed by atoms with Crippen molar-refractivity contribution >= 4 is 11.9 Å². The van der Waals surface area contributed by atoms with Crippen molar-refractivity contribution < 1.29 is 5.11 Å². The van der Waals surface area contributed by atoms with Gasteiger partial charge >= 0.3 is 0 Å². The standard InChI is InChI=1S/C10H14N8O/c1-11-8-14-9(17-3-2-7(19)4-17)16-10(15-8)18-6-12-5-13-18/h5-7,19H,2-4H2,1H3,(H,11,14,15,16). The first-order chi connectivity index (χ1) is 9.26. The van der Waals surface area contributed by atoms with Crippen LogP contribution in [0.4, 0.5) is 11.9 Å². The highest BCUT2D eigenvalue weighted by Crippen LogP contribution is 2.18. The van der Waals surface area contributed by atoms with Gasteiger partial charge < -0.3 is 15.3 Å². The Morgan fingerprint density at radius 3 is 2.79 bits per heavy atom. The van der Waals surface area contributed by atoms with Gasteiger partial charge in [0.15, 0.2) is 0 Å². The molecule has 100 valence electrons. The van der Waals surface area contributed by atoms with Crippen LogP contribution in [-0.4, -0.2) is 61.1 Å². The zero-order valence-corrected chi connectivity index (χ0v) is 10.4. The van der Waals surface area contributed by atoms with Crippen molar-refractivity contribution in [2.45, 2.75) is 12.5 Å². The average Bonchev–Trinajstić information content (AvgIpc) is 3.09. The summed E-state index contributed by atoms with van der Waals surface area (Å²) in [6.45, 7) is 1.26. The van der Waals surface area contributed by atoms with Crippen molar-refractivity contribution in [3.8, 4) is 5.95 Å². The van der Waals surface area contributed by atoms with Gasteiger partial charge in [-0.1, -0.05) is 0 Å². The summed E-state index contributed by atoms with van der Waals surface area (Å²) in [4.78, 5) is 18.7. The lowest BCUT2D eigenvalue weighted by Gasteiger charge is -2.16. The number of aliphatic hydroxyl groups is 1. The Balaban J connectivity index is 1.98. The van der Waals surface area contributed by atoms with E-state index in [1.54, 1.807) is 7.05 Å². The fourth-order valence-electron chi connectivity index (χ4n) is 1.94. The Labute approximate surface area is 109 Å². The second-order valence-corrected chi connectivity index (χ2v) is 4.24. The molecule has 9 nitrogen and oxygen atoms in total. The number of aromatic nitrogens is 6. The maximum Gasteiger partial charge on any atom is 0.258 e. The third-order valence-electron chi connectivity index (χ3n) is 2.91. The van der Waals surface area contributed by atoms with Crippen molar-refractivity contribution in [1.82, 2.24) is 29.7 Å². The molecule has 9 heteroatoms. The molecular weight excluding hydrogens is 248 g/mol. The average molecular weight is 262 g/mol. The lowest BCUT2D eigenvalue weighted by Crippen LogP contribution is -2.24. The zero-order valence-electron chi connectivity index (χ0n) is 10.4. The summed E-state index contributed by atoms with van der Waals surface area (Å²) in [7, 11) is 1.74. The summed E-state index contributed by atoms with van der Waals surface area (Å²) >= 11 is 0. The quantitative estimate of drug-likeness (QED) is 0.730. The van der Waals surface area contributed by atoms with Crippen molar-refractivity contribution in [3.05, 3.63) is 12.7 Å². The van der Waals surface area contributed by atoms with Gasteiger partial charge in [-0.05, 0) is 6.42 Å². The van der Waals surface area contributed by atoms with E-state index in [0.29, 0.717) is 24.4 Å². The molecule has 1 fully saturated rings. The smallest absolute Gasteiger partial charge is 0.258 e. The molecule has 1 unspecified atom stereocenters. The second-order valence-electron chi connectivity index (χ2n) is 4.24. The van der Waals surface area contributed by atoms with E-state index in [-0.39, 0.29) is 6.10 Å². The van der Waals surface area contributed by atoms with Crippen molar-refractivity contribution in [3.63, 3.8) is 0 Å². The van der Waals surface area contributed by atoms with E-state index < -0.39 is 0 Å². The number of aliphatic hydroxyl groups excluding tert-OH is 1. The predicted octanol–water partition coefficient (Wildman–Crippen LogP) is -0.935. The number of rotatable bonds is 3. The van der Waals surface area contributed by atoms with Gasteiger partial charge in [-0.3, -0.25) is 0 Å². The van der Waals surface area contributed by atoms with Crippen LogP contribution in [0, 0.1) is 0 Å². The number of hydrogen-bond acceptors (Lipinski definition) is 8. The van der Waals surface area contributed by atoms with Gasteiger partial charge in [-0.15, -0.1) is 0 Å². The molecule has 2 aromatic heterocycles. The Bertz CT molecular complexity index is 557. The zero-order chi connectivity index (χ0) is 13.2. The van der Waals surface area contributed by atoms with Crippen LogP contribution in [0.5, 0.6) is 0 Å².